The maximum Gasteiger partial charge on any atom is 0.253 e. The molecule has 1 aliphatic rings. The fourth-order valence-corrected chi connectivity index (χ4v) is 3.37. The average Bonchev–Trinajstić information content (AvgIpc) is 2.48. The van der Waals surface area contributed by atoms with Crippen LogP contribution in [0.15, 0.2) is 47.5 Å². The summed E-state index contributed by atoms with van der Waals surface area (Å²) in [6, 6.07) is 10.7. The number of thioether (sulfide) groups is 1. The Balaban J connectivity index is 1.79. The number of hydrogen-bond acceptors (Lipinski definition) is 3. The van der Waals surface area contributed by atoms with E-state index in [9.17, 15) is 9.18 Å². The van der Waals surface area contributed by atoms with Crippen LogP contribution < -0.4 is 5.32 Å². The van der Waals surface area contributed by atoms with E-state index in [1.54, 1.807) is 11.8 Å². The van der Waals surface area contributed by atoms with Crippen molar-refractivity contribution in [2.45, 2.75) is 17.4 Å². The number of carbonyl (C=O) groups is 1. The number of carbonyl (C=O) groups excluding carboxylic acids is 1. The van der Waals surface area contributed by atoms with E-state index in [1.165, 1.54) is 23.2 Å². The van der Waals surface area contributed by atoms with Crippen LogP contribution in [0.3, 0.4) is 0 Å². The van der Waals surface area contributed by atoms with Gasteiger partial charge in [-0.2, -0.15) is 4.39 Å². The zero-order valence-corrected chi connectivity index (χ0v) is 11.5. The Morgan fingerprint density at radius 3 is 2.95 bits per heavy atom. The zero-order valence-electron chi connectivity index (χ0n) is 10.7. The zero-order chi connectivity index (χ0) is 13.9. The highest BCUT2D eigenvalue weighted by Gasteiger charge is 2.22. The fourth-order valence-electron chi connectivity index (χ4n) is 2.24. The molecule has 0 saturated heterocycles. The first-order chi connectivity index (χ1) is 9.74. The van der Waals surface area contributed by atoms with Gasteiger partial charge < -0.3 is 5.32 Å². The smallest absolute Gasteiger partial charge is 0.253 e. The molecule has 0 fully saturated rings. The molecule has 0 saturated carbocycles. The molecule has 0 radical (unpaired) electrons. The largest absolute Gasteiger partial charge is 0.345 e. The van der Waals surface area contributed by atoms with E-state index in [-0.39, 0.29) is 11.9 Å². The number of pyridine rings is 1. The Labute approximate surface area is 120 Å². The lowest BCUT2D eigenvalue weighted by Gasteiger charge is -2.25. The van der Waals surface area contributed by atoms with Crippen LogP contribution in [0.2, 0.25) is 0 Å². The predicted octanol–water partition coefficient (Wildman–Crippen LogP) is 3.19. The number of nitrogens with one attached hydrogen (secondary N) is 1. The number of nitrogens with zero attached hydrogens (tertiary/aromatic N) is 1. The number of fused-ring (bicyclic) bond motifs is 1. The van der Waals surface area contributed by atoms with Crippen LogP contribution in [0.1, 0.15) is 28.4 Å². The molecule has 3 rings (SSSR count). The molecule has 1 atom stereocenters. The summed E-state index contributed by atoms with van der Waals surface area (Å²) in [5.41, 5.74) is 1.52. The standard InChI is InChI=1S/C15H13FN2OS/c16-14-6-5-10(9-17-14)15(19)18-12-7-8-20-13-4-2-1-3-11(12)13/h1-6,9,12H,7-8H2,(H,18,19). The summed E-state index contributed by atoms with van der Waals surface area (Å²) >= 11 is 1.80. The second kappa shape index (κ2) is 5.63. The number of benzene rings is 1. The van der Waals surface area contributed by atoms with Crippen molar-refractivity contribution in [2.75, 3.05) is 5.75 Å². The summed E-state index contributed by atoms with van der Waals surface area (Å²) in [6.45, 7) is 0. The third kappa shape index (κ3) is 2.67. The minimum Gasteiger partial charge on any atom is -0.345 e. The van der Waals surface area contributed by atoms with Gasteiger partial charge in [0.1, 0.15) is 0 Å². The minimum atomic E-state index is -0.582. The molecule has 5 heteroatoms. The first-order valence-corrected chi connectivity index (χ1v) is 7.37. The van der Waals surface area contributed by atoms with Gasteiger partial charge in [-0.1, -0.05) is 18.2 Å². The Morgan fingerprint density at radius 2 is 2.15 bits per heavy atom. The molecule has 102 valence electrons. The topological polar surface area (TPSA) is 42.0 Å². The minimum absolute atomic E-state index is 0.00463. The molecule has 20 heavy (non-hydrogen) atoms. The van der Waals surface area contributed by atoms with E-state index >= 15 is 0 Å². The third-order valence-corrected chi connectivity index (χ3v) is 4.38. The van der Waals surface area contributed by atoms with Gasteiger partial charge in [0.2, 0.25) is 5.95 Å². The molecule has 0 bridgehead atoms. The highest BCUT2D eigenvalue weighted by atomic mass is 32.2. The van der Waals surface area contributed by atoms with Crippen LogP contribution in [0, 0.1) is 5.95 Å². The van der Waals surface area contributed by atoms with Crippen molar-refractivity contribution in [3.05, 3.63) is 59.7 Å². The molecule has 2 heterocycles. The highest BCUT2D eigenvalue weighted by molar-refractivity contribution is 7.99. The third-order valence-electron chi connectivity index (χ3n) is 3.25. The van der Waals surface area contributed by atoms with Crippen molar-refractivity contribution in [2.24, 2.45) is 0 Å². The molecule has 3 nitrogen and oxygen atoms in total. The van der Waals surface area contributed by atoms with Crippen molar-refractivity contribution < 1.29 is 9.18 Å². The van der Waals surface area contributed by atoms with E-state index in [2.05, 4.69) is 16.4 Å². The van der Waals surface area contributed by atoms with Gasteiger partial charge in [-0.05, 0) is 30.2 Å². The first-order valence-electron chi connectivity index (χ1n) is 6.38. The van der Waals surface area contributed by atoms with Crippen molar-refractivity contribution in [1.82, 2.24) is 10.3 Å². The second-order valence-electron chi connectivity index (χ2n) is 4.57. The van der Waals surface area contributed by atoms with Crippen LogP contribution in [0.25, 0.3) is 0 Å². The van der Waals surface area contributed by atoms with Gasteiger partial charge in [0.05, 0.1) is 11.6 Å². The maximum atomic E-state index is 12.8. The van der Waals surface area contributed by atoms with E-state index in [0.29, 0.717) is 5.56 Å². The highest BCUT2D eigenvalue weighted by Crippen LogP contribution is 2.35. The molecule has 2 aromatic rings. The summed E-state index contributed by atoms with van der Waals surface area (Å²) in [4.78, 5) is 16.9. The van der Waals surface area contributed by atoms with E-state index in [1.807, 2.05) is 18.2 Å². The van der Waals surface area contributed by atoms with Crippen LogP contribution in [-0.2, 0) is 0 Å². The molecule has 1 unspecified atom stereocenters. The molecule has 1 amide bonds. The lowest BCUT2D eigenvalue weighted by atomic mass is 10.0. The fraction of sp³-hybridized carbons (Fsp3) is 0.200. The van der Waals surface area contributed by atoms with Gasteiger partial charge in [0, 0.05) is 16.8 Å². The first kappa shape index (κ1) is 13.1. The summed E-state index contributed by atoms with van der Waals surface area (Å²) in [5, 5.41) is 3.00. The summed E-state index contributed by atoms with van der Waals surface area (Å²) in [6.07, 6.45) is 2.15. The van der Waals surface area contributed by atoms with Crippen molar-refractivity contribution in [3.8, 4) is 0 Å². The van der Waals surface area contributed by atoms with Gasteiger partial charge >= 0.3 is 0 Å². The van der Waals surface area contributed by atoms with Crippen LogP contribution in [-0.4, -0.2) is 16.6 Å². The summed E-state index contributed by atoms with van der Waals surface area (Å²) in [5.74, 6) is 0.175. The molecule has 0 aliphatic carbocycles. The molecule has 1 aliphatic heterocycles. The summed E-state index contributed by atoms with van der Waals surface area (Å²) in [7, 11) is 0. The summed E-state index contributed by atoms with van der Waals surface area (Å²) < 4.78 is 12.8. The van der Waals surface area contributed by atoms with Gasteiger partial charge in [-0.25, -0.2) is 4.98 Å². The number of hydrogen-bond donors (Lipinski definition) is 1. The van der Waals surface area contributed by atoms with Crippen LogP contribution >= 0.6 is 11.8 Å². The maximum absolute atomic E-state index is 12.8. The SMILES string of the molecule is O=C(NC1CCSc2ccccc21)c1ccc(F)nc1. The van der Waals surface area contributed by atoms with Gasteiger partial charge in [0.15, 0.2) is 0 Å². The molecule has 1 aromatic heterocycles. The number of rotatable bonds is 2. The van der Waals surface area contributed by atoms with Crippen molar-refractivity contribution >= 4 is 17.7 Å². The van der Waals surface area contributed by atoms with E-state index in [0.717, 1.165) is 17.7 Å². The van der Waals surface area contributed by atoms with Crippen molar-refractivity contribution in [1.29, 1.82) is 0 Å². The Kier molecular flexibility index (Phi) is 3.69. The van der Waals surface area contributed by atoms with E-state index in [4.69, 9.17) is 0 Å². The normalized spacial score (nSPS) is 17.4. The Hall–Kier alpha value is -1.88. The second-order valence-corrected chi connectivity index (χ2v) is 5.71. The lowest BCUT2D eigenvalue weighted by molar-refractivity contribution is 0.0934. The molecular weight excluding hydrogens is 275 g/mol. The number of halogens is 1. The molecule has 0 spiro atoms. The van der Waals surface area contributed by atoms with Crippen LogP contribution in [0.4, 0.5) is 4.39 Å². The molecular formula is C15H13FN2OS. The number of amides is 1. The van der Waals surface area contributed by atoms with Gasteiger partial charge in [0.25, 0.3) is 5.91 Å². The average molecular weight is 288 g/mol. The molecule has 1 N–H and O–H groups in total. The monoisotopic (exact) mass is 288 g/mol. The van der Waals surface area contributed by atoms with Gasteiger partial charge in [-0.15, -0.1) is 11.8 Å². The Bertz CT molecular complexity index is 630. The van der Waals surface area contributed by atoms with E-state index < -0.39 is 5.95 Å². The lowest BCUT2D eigenvalue weighted by Crippen LogP contribution is -2.30. The molecule has 1 aromatic carbocycles. The Morgan fingerprint density at radius 1 is 1.30 bits per heavy atom. The predicted molar refractivity (Wildman–Crippen MR) is 76.2 cm³/mol. The quantitative estimate of drug-likeness (QED) is 0.863. The van der Waals surface area contributed by atoms with Crippen LogP contribution in [0.5, 0.6) is 0 Å². The van der Waals surface area contributed by atoms with Gasteiger partial charge in [-0.3, -0.25) is 4.79 Å². The number of aromatic nitrogens is 1. The van der Waals surface area contributed by atoms with Crippen molar-refractivity contribution in [3.63, 3.8) is 0 Å².